The highest BCUT2D eigenvalue weighted by Crippen LogP contribution is 2.35. The van der Waals surface area contributed by atoms with Crippen LogP contribution in [0.2, 0.25) is 10.0 Å². The number of benzene rings is 1. The van der Waals surface area contributed by atoms with Gasteiger partial charge >= 0.3 is 0 Å². The summed E-state index contributed by atoms with van der Waals surface area (Å²) < 4.78 is 2.23. The molecule has 1 aromatic heterocycles. The van der Waals surface area contributed by atoms with Crippen LogP contribution in [-0.4, -0.2) is 9.55 Å². The fourth-order valence-electron chi connectivity index (χ4n) is 2.62. The maximum atomic E-state index is 6.31. The Labute approximate surface area is 135 Å². The van der Waals surface area contributed by atoms with Crippen LogP contribution in [0, 0.1) is 0 Å². The molecule has 20 heavy (non-hydrogen) atoms. The minimum absolute atomic E-state index is 0.147. The number of alkyl halides is 1. The molecule has 0 radical (unpaired) electrons. The number of hydrogen-bond acceptors (Lipinski definition) is 1. The van der Waals surface area contributed by atoms with Gasteiger partial charge in [-0.3, -0.25) is 0 Å². The topological polar surface area (TPSA) is 17.8 Å². The molecule has 1 heterocycles. The fourth-order valence-corrected chi connectivity index (χ4v) is 3.09. The summed E-state index contributed by atoms with van der Waals surface area (Å²) in [5.41, 5.74) is 1.87. The normalized spacial score (nSPS) is 14.7. The summed E-state index contributed by atoms with van der Waals surface area (Å²) in [5.74, 6) is 0.889. The van der Waals surface area contributed by atoms with Crippen LogP contribution in [0.15, 0.2) is 12.1 Å². The molecule has 2 aromatic rings. The smallest absolute Gasteiger partial charge is 0.127 e. The predicted molar refractivity (Wildman–Crippen MR) is 88.3 cm³/mol. The second-order valence-corrected chi connectivity index (χ2v) is 6.53. The van der Waals surface area contributed by atoms with Crippen molar-refractivity contribution in [2.24, 2.45) is 0 Å². The van der Waals surface area contributed by atoms with Gasteiger partial charge in [-0.05, 0) is 31.9 Å². The molecule has 110 valence electrons. The minimum atomic E-state index is -0.147. The highest BCUT2D eigenvalue weighted by molar-refractivity contribution is 6.42. The average Bonchev–Trinajstić information content (AvgIpc) is 2.75. The number of aromatic nitrogens is 2. The first-order valence-corrected chi connectivity index (χ1v) is 8.19. The molecular formula is C15H19Cl3N2. The Kier molecular flexibility index (Phi) is 5.22. The monoisotopic (exact) mass is 332 g/mol. The SMILES string of the molecule is CCCC(CC)n1c(C(C)Cl)nc2cc(Cl)c(Cl)cc21. The van der Waals surface area contributed by atoms with Crippen molar-refractivity contribution in [3.63, 3.8) is 0 Å². The molecule has 2 unspecified atom stereocenters. The van der Waals surface area contributed by atoms with Gasteiger partial charge in [0.15, 0.2) is 0 Å². The summed E-state index contributed by atoms with van der Waals surface area (Å²) in [6.07, 6.45) is 3.25. The summed E-state index contributed by atoms with van der Waals surface area (Å²) in [7, 11) is 0. The lowest BCUT2D eigenvalue weighted by Crippen LogP contribution is -2.12. The maximum absolute atomic E-state index is 6.31. The van der Waals surface area contributed by atoms with Gasteiger partial charge in [0.25, 0.3) is 0 Å². The molecule has 0 aliphatic carbocycles. The summed E-state index contributed by atoms with van der Waals surface area (Å²) in [4.78, 5) is 4.65. The standard InChI is InChI=1S/C15H19Cl3N2/c1-4-6-10(5-2)20-14-8-12(18)11(17)7-13(14)19-15(20)9(3)16/h7-10H,4-6H2,1-3H3. The van der Waals surface area contributed by atoms with Crippen molar-refractivity contribution < 1.29 is 0 Å². The molecule has 0 aliphatic rings. The molecule has 5 heteroatoms. The van der Waals surface area contributed by atoms with E-state index in [0.29, 0.717) is 16.1 Å². The first kappa shape index (κ1) is 15.9. The molecule has 0 bridgehead atoms. The lowest BCUT2D eigenvalue weighted by atomic mass is 10.1. The van der Waals surface area contributed by atoms with Gasteiger partial charge in [-0.15, -0.1) is 11.6 Å². The van der Waals surface area contributed by atoms with E-state index in [9.17, 15) is 0 Å². The van der Waals surface area contributed by atoms with Gasteiger partial charge < -0.3 is 4.57 Å². The third kappa shape index (κ3) is 2.93. The quantitative estimate of drug-likeness (QED) is 0.579. The van der Waals surface area contributed by atoms with E-state index >= 15 is 0 Å². The number of fused-ring (bicyclic) bond motifs is 1. The highest BCUT2D eigenvalue weighted by Gasteiger charge is 2.21. The van der Waals surface area contributed by atoms with Gasteiger partial charge in [0.05, 0.1) is 26.5 Å². The molecule has 0 saturated heterocycles. The van der Waals surface area contributed by atoms with Gasteiger partial charge in [-0.2, -0.15) is 0 Å². The number of halogens is 3. The van der Waals surface area contributed by atoms with Gasteiger partial charge in [0.1, 0.15) is 5.82 Å². The Morgan fingerprint density at radius 2 is 1.85 bits per heavy atom. The van der Waals surface area contributed by atoms with Crippen LogP contribution in [0.5, 0.6) is 0 Å². The molecule has 2 atom stereocenters. The molecule has 0 aliphatic heterocycles. The van der Waals surface area contributed by atoms with Gasteiger partial charge in [0.2, 0.25) is 0 Å². The lowest BCUT2D eigenvalue weighted by Gasteiger charge is -2.21. The van der Waals surface area contributed by atoms with E-state index in [1.165, 1.54) is 0 Å². The van der Waals surface area contributed by atoms with Crippen LogP contribution in [0.4, 0.5) is 0 Å². The molecular weight excluding hydrogens is 315 g/mol. The number of hydrogen-bond donors (Lipinski definition) is 0. The van der Waals surface area contributed by atoms with Crippen LogP contribution >= 0.6 is 34.8 Å². The van der Waals surface area contributed by atoms with Gasteiger partial charge in [-0.25, -0.2) is 4.98 Å². The number of rotatable bonds is 5. The minimum Gasteiger partial charge on any atom is -0.324 e. The Morgan fingerprint density at radius 3 is 2.40 bits per heavy atom. The van der Waals surface area contributed by atoms with Crippen molar-refractivity contribution in [1.82, 2.24) is 9.55 Å². The number of imidazole rings is 1. The van der Waals surface area contributed by atoms with E-state index in [0.717, 1.165) is 36.1 Å². The average molecular weight is 334 g/mol. The Balaban J connectivity index is 2.70. The van der Waals surface area contributed by atoms with E-state index < -0.39 is 0 Å². The molecule has 2 rings (SSSR count). The third-order valence-corrected chi connectivity index (χ3v) is 4.49. The zero-order valence-corrected chi connectivity index (χ0v) is 14.2. The van der Waals surface area contributed by atoms with Crippen molar-refractivity contribution >= 4 is 45.8 Å². The summed E-state index contributed by atoms with van der Waals surface area (Å²) in [5, 5.41) is 0.937. The van der Waals surface area contributed by atoms with E-state index in [-0.39, 0.29) is 5.38 Å². The molecule has 0 spiro atoms. The van der Waals surface area contributed by atoms with Crippen LogP contribution in [-0.2, 0) is 0 Å². The van der Waals surface area contributed by atoms with Gasteiger partial charge in [-0.1, -0.05) is 43.5 Å². The molecule has 2 nitrogen and oxygen atoms in total. The molecule has 1 aromatic carbocycles. The Hall–Kier alpha value is -0.440. The fraction of sp³-hybridized carbons (Fsp3) is 0.533. The zero-order valence-electron chi connectivity index (χ0n) is 12.0. The first-order valence-electron chi connectivity index (χ1n) is 7.00. The molecule has 0 N–H and O–H groups in total. The van der Waals surface area contributed by atoms with Crippen molar-refractivity contribution in [3.8, 4) is 0 Å². The number of nitrogens with zero attached hydrogens (tertiary/aromatic N) is 2. The second-order valence-electron chi connectivity index (χ2n) is 5.06. The maximum Gasteiger partial charge on any atom is 0.127 e. The van der Waals surface area contributed by atoms with E-state index in [4.69, 9.17) is 34.8 Å². The predicted octanol–water partition coefficient (Wildman–Crippen LogP) is 6.39. The zero-order chi connectivity index (χ0) is 14.9. The largest absolute Gasteiger partial charge is 0.324 e. The van der Waals surface area contributed by atoms with Crippen molar-refractivity contribution in [2.75, 3.05) is 0 Å². The van der Waals surface area contributed by atoms with E-state index in [1.54, 1.807) is 0 Å². The lowest BCUT2D eigenvalue weighted by molar-refractivity contribution is 0.444. The Morgan fingerprint density at radius 1 is 1.20 bits per heavy atom. The van der Waals surface area contributed by atoms with Crippen molar-refractivity contribution in [3.05, 3.63) is 28.0 Å². The summed E-state index contributed by atoms with van der Waals surface area (Å²) >= 11 is 18.6. The van der Waals surface area contributed by atoms with E-state index in [2.05, 4.69) is 23.4 Å². The highest BCUT2D eigenvalue weighted by atomic mass is 35.5. The van der Waals surface area contributed by atoms with Crippen molar-refractivity contribution in [1.29, 1.82) is 0 Å². The first-order chi connectivity index (χ1) is 9.49. The van der Waals surface area contributed by atoms with E-state index in [1.807, 2.05) is 19.1 Å². The van der Waals surface area contributed by atoms with Crippen LogP contribution < -0.4 is 0 Å². The molecule has 0 fully saturated rings. The van der Waals surface area contributed by atoms with Crippen LogP contribution in [0.1, 0.15) is 57.3 Å². The molecule has 0 saturated carbocycles. The van der Waals surface area contributed by atoms with Crippen LogP contribution in [0.25, 0.3) is 11.0 Å². The second kappa shape index (κ2) is 6.55. The van der Waals surface area contributed by atoms with Crippen LogP contribution in [0.3, 0.4) is 0 Å². The third-order valence-electron chi connectivity index (χ3n) is 3.57. The molecule has 0 amide bonds. The van der Waals surface area contributed by atoms with Gasteiger partial charge in [0, 0.05) is 6.04 Å². The summed E-state index contributed by atoms with van der Waals surface area (Å²) in [6.45, 7) is 6.32. The van der Waals surface area contributed by atoms with Crippen molar-refractivity contribution in [2.45, 2.75) is 51.5 Å². The Bertz CT molecular complexity index is 605. The summed E-state index contributed by atoms with van der Waals surface area (Å²) in [6, 6.07) is 4.10.